The van der Waals surface area contributed by atoms with Crippen molar-refractivity contribution >= 4 is 5.65 Å². The van der Waals surface area contributed by atoms with E-state index >= 15 is 0 Å². The molecule has 0 saturated heterocycles. The van der Waals surface area contributed by atoms with E-state index in [1.807, 2.05) is 0 Å². The smallest absolute Gasteiger partial charge is 0.136 e. The Morgan fingerprint density at radius 1 is 1.36 bits per heavy atom. The van der Waals surface area contributed by atoms with Gasteiger partial charge in [0.2, 0.25) is 0 Å². The summed E-state index contributed by atoms with van der Waals surface area (Å²) in [6.45, 7) is 2.14. The molecule has 0 spiro atoms. The number of rotatable bonds is 2. The van der Waals surface area contributed by atoms with E-state index < -0.39 is 0 Å². The summed E-state index contributed by atoms with van der Waals surface area (Å²) in [4.78, 5) is 4.52. The molecular weight excluding hydrogens is 172 g/mol. The number of aryl methyl sites for hydroxylation is 1. The molecule has 2 heterocycles. The van der Waals surface area contributed by atoms with Gasteiger partial charge in [-0.2, -0.15) is 0 Å². The first-order valence-electron chi connectivity index (χ1n) is 5.34. The van der Waals surface area contributed by atoms with Crippen LogP contribution in [0.15, 0.2) is 24.5 Å². The first-order chi connectivity index (χ1) is 6.86. The lowest BCUT2D eigenvalue weighted by Crippen LogP contribution is -1.86. The molecule has 1 aliphatic carbocycles. The number of nitrogens with zero attached hydrogens (tertiary/aromatic N) is 2. The van der Waals surface area contributed by atoms with Crippen molar-refractivity contribution in [1.82, 2.24) is 9.38 Å². The minimum absolute atomic E-state index is 0.826. The van der Waals surface area contributed by atoms with Gasteiger partial charge in [-0.1, -0.05) is 13.0 Å². The van der Waals surface area contributed by atoms with Crippen LogP contribution in [0.1, 0.15) is 36.9 Å². The summed E-state index contributed by atoms with van der Waals surface area (Å²) in [6, 6.07) is 4.35. The van der Waals surface area contributed by atoms with Crippen molar-refractivity contribution < 1.29 is 0 Å². The summed E-state index contributed by atoms with van der Waals surface area (Å²) in [5.74, 6) is 0.826. The van der Waals surface area contributed by atoms with Crippen molar-refractivity contribution in [3.8, 4) is 0 Å². The molecule has 0 amide bonds. The molecule has 2 nitrogen and oxygen atoms in total. The summed E-state index contributed by atoms with van der Waals surface area (Å²) in [7, 11) is 0. The van der Waals surface area contributed by atoms with Gasteiger partial charge in [0.25, 0.3) is 0 Å². The van der Waals surface area contributed by atoms with Crippen LogP contribution in [0.4, 0.5) is 0 Å². The van der Waals surface area contributed by atoms with E-state index in [2.05, 4.69) is 40.8 Å². The number of pyridine rings is 1. The van der Waals surface area contributed by atoms with Crippen LogP contribution >= 0.6 is 0 Å². The summed E-state index contributed by atoms with van der Waals surface area (Å²) >= 11 is 0. The number of imidazole rings is 1. The van der Waals surface area contributed by atoms with E-state index in [0.717, 1.165) is 18.0 Å². The molecule has 1 saturated carbocycles. The van der Waals surface area contributed by atoms with Gasteiger partial charge in [0, 0.05) is 12.4 Å². The minimum atomic E-state index is 0.826. The topological polar surface area (TPSA) is 17.3 Å². The largest absolute Gasteiger partial charge is 0.307 e. The van der Waals surface area contributed by atoms with Crippen LogP contribution in [-0.2, 0) is 6.42 Å². The van der Waals surface area contributed by atoms with Crippen LogP contribution in [-0.4, -0.2) is 9.38 Å². The Kier molecular flexibility index (Phi) is 1.63. The average Bonchev–Trinajstić information content (AvgIpc) is 2.97. The Balaban J connectivity index is 2.12. The molecular formula is C12H14N2. The van der Waals surface area contributed by atoms with Gasteiger partial charge in [0.1, 0.15) is 5.65 Å². The standard InChI is InChI=1S/C12H14N2/c1-2-11-8-14-7-10(9-3-4-9)5-6-12(14)13-11/h5-9H,2-4H2,1H3. The first-order valence-corrected chi connectivity index (χ1v) is 5.34. The van der Waals surface area contributed by atoms with Gasteiger partial charge in [-0.25, -0.2) is 4.98 Å². The molecule has 0 N–H and O–H groups in total. The molecule has 2 aromatic heterocycles. The molecule has 2 heteroatoms. The van der Waals surface area contributed by atoms with Gasteiger partial charge < -0.3 is 4.40 Å². The van der Waals surface area contributed by atoms with Gasteiger partial charge in [-0.15, -0.1) is 0 Å². The van der Waals surface area contributed by atoms with E-state index in [1.54, 1.807) is 0 Å². The number of hydrogen-bond donors (Lipinski definition) is 0. The third kappa shape index (κ3) is 1.22. The maximum atomic E-state index is 4.52. The predicted molar refractivity (Wildman–Crippen MR) is 56.5 cm³/mol. The minimum Gasteiger partial charge on any atom is -0.307 e. The molecule has 1 aliphatic rings. The molecule has 3 rings (SSSR count). The molecule has 2 aromatic rings. The monoisotopic (exact) mass is 186 g/mol. The van der Waals surface area contributed by atoms with Gasteiger partial charge in [0.05, 0.1) is 5.69 Å². The lowest BCUT2D eigenvalue weighted by atomic mass is 10.2. The van der Waals surface area contributed by atoms with E-state index in [1.165, 1.54) is 24.1 Å². The van der Waals surface area contributed by atoms with Gasteiger partial charge in [-0.3, -0.25) is 0 Å². The van der Waals surface area contributed by atoms with Gasteiger partial charge in [-0.05, 0) is 36.8 Å². The van der Waals surface area contributed by atoms with Crippen LogP contribution in [0.2, 0.25) is 0 Å². The lowest BCUT2D eigenvalue weighted by molar-refractivity contribution is 1.05. The van der Waals surface area contributed by atoms with Gasteiger partial charge >= 0.3 is 0 Å². The van der Waals surface area contributed by atoms with Crippen molar-refractivity contribution in [3.63, 3.8) is 0 Å². The van der Waals surface area contributed by atoms with E-state index in [-0.39, 0.29) is 0 Å². The fraction of sp³-hybridized carbons (Fsp3) is 0.417. The Bertz CT molecular complexity index is 466. The van der Waals surface area contributed by atoms with Crippen LogP contribution < -0.4 is 0 Å². The van der Waals surface area contributed by atoms with E-state index in [0.29, 0.717) is 0 Å². The molecule has 14 heavy (non-hydrogen) atoms. The van der Waals surface area contributed by atoms with Crippen molar-refractivity contribution in [2.45, 2.75) is 32.1 Å². The fourth-order valence-corrected chi connectivity index (χ4v) is 1.89. The number of fused-ring (bicyclic) bond motifs is 1. The van der Waals surface area contributed by atoms with Crippen LogP contribution in [0.25, 0.3) is 5.65 Å². The van der Waals surface area contributed by atoms with Crippen LogP contribution in [0, 0.1) is 0 Å². The fourth-order valence-electron chi connectivity index (χ4n) is 1.89. The average molecular weight is 186 g/mol. The number of aromatic nitrogens is 2. The van der Waals surface area contributed by atoms with Crippen molar-refractivity contribution in [2.24, 2.45) is 0 Å². The quantitative estimate of drug-likeness (QED) is 0.705. The normalized spacial score (nSPS) is 16.4. The summed E-state index contributed by atoms with van der Waals surface area (Å²) in [6.07, 6.45) is 8.11. The Hall–Kier alpha value is -1.31. The SMILES string of the molecule is CCc1cn2cc(C3CC3)ccc2n1. The zero-order valence-corrected chi connectivity index (χ0v) is 8.40. The zero-order chi connectivity index (χ0) is 9.54. The number of hydrogen-bond acceptors (Lipinski definition) is 1. The van der Waals surface area contributed by atoms with E-state index in [4.69, 9.17) is 0 Å². The highest BCUT2D eigenvalue weighted by molar-refractivity contribution is 5.42. The molecule has 0 radical (unpaired) electrons. The second-order valence-electron chi connectivity index (χ2n) is 4.09. The maximum absolute atomic E-state index is 4.52. The molecule has 1 fully saturated rings. The second kappa shape index (κ2) is 2.84. The molecule has 72 valence electrons. The van der Waals surface area contributed by atoms with E-state index in [9.17, 15) is 0 Å². The third-order valence-electron chi connectivity index (χ3n) is 2.93. The highest BCUT2D eigenvalue weighted by Gasteiger charge is 2.23. The van der Waals surface area contributed by atoms with Crippen LogP contribution in [0.5, 0.6) is 0 Å². The predicted octanol–water partition coefficient (Wildman–Crippen LogP) is 2.77. The zero-order valence-electron chi connectivity index (χ0n) is 8.40. The molecule has 0 bridgehead atoms. The Labute approximate surface area is 83.6 Å². The molecule has 0 aromatic carbocycles. The summed E-state index contributed by atoms with van der Waals surface area (Å²) in [5, 5.41) is 0. The first kappa shape index (κ1) is 8.04. The van der Waals surface area contributed by atoms with Crippen molar-refractivity contribution in [3.05, 3.63) is 35.8 Å². The van der Waals surface area contributed by atoms with Crippen molar-refractivity contribution in [1.29, 1.82) is 0 Å². The van der Waals surface area contributed by atoms with Crippen LogP contribution in [0.3, 0.4) is 0 Å². The van der Waals surface area contributed by atoms with Gasteiger partial charge in [0.15, 0.2) is 0 Å². The molecule has 0 aliphatic heterocycles. The Morgan fingerprint density at radius 3 is 2.93 bits per heavy atom. The molecule has 0 unspecified atom stereocenters. The highest BCUT2D eigenvalue weighted by Crippen LogP contribution is 2.39. The lowest BCUT2D eigenvalue weighted by Gasteiger charge is -1.98. The second-order valence-corrected chi connectivity index (χ2v) is 4.09. The summed E-state index contributed by atoms with van der Waals surface area (Å²) < 4.78 is 2.16. The molecule has 0 atom stereocenters. The highest BCUT2D eigenvalue weighted by atomic mass is 15.0. The summed E-state index contributed by atoms with van der Waals surface area (Å²) in [5.41, 5.74) is 3.72. The maximum Gasteiger partial charge on any atom is 0.136 e. The Morgan fingerprint density at radius 2 is 2.21 bits per heavy atom. The van der Waals surface area contributed by atoms with Crippen molar-refractivity contribution in [2.75, 3.05) is 0 Å². The third-order valence-corrected chi connectivity index (χ3v) is 2.93.